The first-order chi connectivity index (χ1) is 18.8. The number of carbonyl (C=O) groups is 1. The molecule has 0 aliphatic carbocycles. The molecule has 2 aromatic heterocycles. The molecule has 1 saturated heterocycles. The van der Waals surface area contributed by atoms with Crippen LogP contribution in [-0.2, 0) is 18.4 Å². The third-order valence-corrected chi connectivity index (χ3v) is 8.28. The standard InChI is InChI=1S/C29H35N7O2S/c1-5-36-28(38)26(39-29(36)23(15-31)27(37)32-11-10-30)16-33-21-6-7-25-22(14-21)24(18-34(25)4)20-8-12-35(13-9-20)17-19(2)3/h6-7,14,16,18-20,33H,5,8-9,11-13,17H2,1-4H3,(H,32,37)/b26-16-,29-23+. The van der Waals surface area contributed by atoms with Gasteiger partial charge in [-0.1, -0.05) is 13.8 Å². The number of aromatic nitrogens is 2. The Hall–Kier alpha value is -3.86. The van der Waals surface area contributed by atoms with E-state index in [-0.39, 0.29) is 22.3 Å². The summed E-state index contributed by atoms with van der Waals surface area (Å²) < 4.78 is 4.25. The first kappa shape index (κ1) is 28.2. The van der Waals surface area contributed by atoms with Gasteiger partial charge in [0.25, 0.3) is 11.5 Å². The monoisotopic (exact) mass is 545 g/mol. The molecule has 1 fully saturated rings. The average Bonchev–Trinajstić information content (AvgIpc) is 3.42. The van der Waals surface area contributed by atoms with E-state index in [0.29, 0.717) is 22.9 Å². The van der Waals surface area contributed by atoms with Gasteiger partial charge in [-0.25, -0.2) is 0 Å². The topological polar surface area (TPSA) is 119 Å². The molecule has 4 rings (SSSR count). The number of benzene rings is 1. The number of piperidine rings is 1. The molecule has 3 heterocycles. The smallest absolute Gasteiger partial charge is 0.270 e. The second-order valence-electron chi connectivity index (χ2n) is 10.3. The fraction of sp³-hybridized carbons (Fsp3) is 0.448. The van der Waals surface area contributed by atoms with Gasteiger partial charge < -0.3 is 20.1 Å². The number of nitrogens with zero attached hydrogens (tertiary/aromatic N) is 5. The molecule has 2 N–H and O–H groups in total. The number of nitrogens with one attached hydrogen (secondary N) is 2. The Balaban J connectivity index is 1.64. The van der Waals surface area contributed by atoms with Gasteiger partial charge in [0.05, 0.1) is 6.07 Å². The quantitative estimate of drug-likeness (QED) is 0.420. The van der Waals surface area contributed by atoms with E-state index in [1.807, 2.05) is 18.2 Å². The maximum Gasteiger partial charge on any atom is 0.270 e. The van der Waals surface area contributed by atoms with Crippen LogP contribution in [0.5, 0.6) is 0 Å². The number of likely N-dealkylation sites (tertiary alicyclic amines) is 1. The van der Waals surface area contributed by atoms with Crippen LogP contribution in [0.3, 0.4) is 0 Å². The van der Waals surface area contributed by atoms with Gasteiger partial charge in [-0.05, 0) is 68.5 Å². The van der Waals surface area contributed by atoms with Crippen LogP contribution < -0.4 is 25.4 Å². The van der Waals surface area contributed by atoms with Crippen molar-refractivity contribution >= 4 is 45.6 Å². The van der Waals surface area contributed by atoms with E-state index >= 15 is 0 Å². The highest BCUT2D eigenvalue weighted by Crippen LogP contribution is 2.35. The van der Waals surface area contributed by atoms with Crippen molar-refractivity contribution in [2.45, 2.75) is 46.1 Å². The van der Waals surface area contributed by atoms with Gasteiger partial charge in [0, 0.05) is 49.1 Å². The van der Waals surface area contributed by atoms with E-state index in [4.69, 9.17) is 5.26 Å². The number of nitriles is 2. The van der Waals surface area contributed by atoms with Gasteiger partial charge in [-0.3, -0.25) is 14.2 Å². The summed E-state index contributed by atoms with van der Waals surface area (Å²) in [6, 6.07) is 9.93. The molecular weight excluding hydrogens is 510 g/mol. The lowest BCUT2D eigenvalue weighted by Gasteiger charge is -2.33. The van der Waals surface area contributed by atoms with Crippen molar-refractivity contribution in [3.8, 4) is 12.1 Å². The van der Waals surface area contributed by atoms with Crippen LogP contribution >= 0.6 is 11.3 Å². The molecule has 3 aromatic rings. The lowest BCUT2D eigenvalue weighted by Crippen LogP contribution is -2.35. The number of hydrogen-bond donors (Lipinski definition) is 2. The molecule has 1 amide bonds. The SMILES string of the molecule is CCn1c(=O)/c(=C/Nc2ccc3c(c2)c(C2CCN(CC(C)C)CC2)cn3C)s/c1=C(\C#N)C(=O)NCC#N. The van der Waals surface area contributed by atoms with Crippen LogP contribution in [-0.4, -0.2) is 46.1 Å². The number of amides is 1. The van der Waals surface area contributed by atoms with Gasteiger partial charge in [0.2, 0.25) is 0 Å². The zero-order chi connectivity index (χ0) is 28.1. The summed E-state index contributed by atoms with van der Waals surface area (Å²) in [5, 5.41) is 25.2. The molecule has 10 heteroatoms. The Morgan fingerprint density at radius 3 is 2.64 bits per heavy atom. The van der Waals surface area contributed by atoms with Crippen molar-refractivity contribution in [1.29, 1.82) is 10.5 Å². The van der Waals surface area contributed by atoms with Crippen LogP contribution in [0.1, 0.15) is 45.1 Å². The lowest BCUT2D eigenvalue weighted by molar-refractivity contribution is -0.115. The van der Waals surface area contributed by atoms with E-state index in [9.17, 15) is 14.9 Å². The number of anilines is 1. The number of rotatable bonds is 8. The first-order valence-corrected chi connectivity index (χ1v) is 14.2. The van der Waals surface area contributed by atoms with Crippen LogP contribution in [0.25, 0.3) is 22.7 Å². The van der Waals surface area contributed by atoms with Crippen LogP contribution in [0.15, 0.2) is 29.2 Å². The highest BCUT2D eigenvalue weighted by atomic mass is 32.1. The molecule has 204 valence electrons. The Bertz CT molecular complexity index is 1620. The Morgan fingerprint density at radius 1 is 1.26 bits per heavy atom. The molecule has 1 aromatic carbocycles. The lowest BCUT2D eigenvalue weighted by atomic mass is 9.89. The second kappa shape index (κ2) is 12.3. The maximum atomic E-state index is 13.1. The van der Waals surface area contributed by atoms with Crippen LogP contribution in [0.4, 0.5) is 5.69 Å². The van der Waals surface area contributed by atoms with Crippen molar-refractivity contribution in [2.24, 2.45) is 13.0 Å². The Labute approximate surface area is 232 Å². The van der Waals surface area contributed by atoms with E-state index in [1.54, 1.807) is 13.1 Å². The molecule has 0 spiro atoms. The number of thiazole rings is 1. The molecule has 0 radical (unpaired) electrons. The third kappa shape index (κ3) is 6.08. The predicted molar refractivity (Wildman–Crippen MR) is 155 cm³/mol. The number of hydrogen-bond acceptors (Lipinski definition) is 7. The number of fused-ring (bicyclic) bond motifs is 1. The van der Waals surface area contributed by atoms with Gasteiger partial charge in [0.1, 0.15) is 21.8 Å². The molecule has 39 heavy (non-hydrogen) atoms. The van der Waals surface area contributed by atoms with E-state index in [0.717, 1.165) is 49.5 Å². The maximum absolute atomic E-state index is 13.1. The van der Waals surface area contributed by atoms with Crippen molar-refractivity contribution in [3.05, 3.63) is 49.5 Å². The molecule has 0 atom stereocenters. The number of aryl methyl sites for hydroxylation is 1. The summed E-state index contributed by atoms with van der Waals surface area (Å²) in [5.74, 6) is 0.522. The normalized spacial score (nSPS) is 15.8. The van der Waals surface area contributed by atoms with Crippen molar-refractivity contribution in [2.75, 3.05) is 31.5 Å². The second-order valence-corrected chi connectivity index (χ2v) is 11.4. The number of carbonyl (C=O) groups excluding carboxylic acids is 1. The van der Waals surface area contributed by atoms with Crippen molar-refractivity contribution < 1.29 is 4.79 Å². The minimum Gasteiger partial charge on any atom is -0.360 e. The molecule has 0 unspecified atom stereocenters. The highest BCUT2D eigenvalue weighted by Gasteiger charge is 2.24. The predicted octanol–water partition coefficient (Wildman–Crippen LogP) is 2.42. The zero-order valence-corrected chi connectivity index (χ0v) is 23.8. The van der Waals surface area contributed by atoms with Gasteiger partial charge in [-0.15, -0.1) is 11.3 Å². The van der Waals surface area contributed by atoms with Crippen LogP contribution in [0, 0.1) is 28.6 Å². The van der Waals surface area contributed by atoms with Crippen molar-refractivity contribution in [3.63, 3.8) is 0 Å². The first-order valence-electron chi connectivity index (χ1n) is 13.3. The van der Waals surface area contributed by atoms with Gasteiger partial charge >= 0.3 is 0 Å². The molecular formula is C29H35N7O2S. The summed E-state index contributed by atoms with van der Waals surface area (Å²) in [7, 11) is 2.08. The summed E-state index contributed by atoms with van der Waals surface area (Å²) >= 11 is 1.08. The Morgan fingerprint density at radius 2 is 2.00 bits per heavy atom. The fourth-order valence-electron chi connectivity index (χ4n) is 5.33. The van der Waals surface area contributed by atoms with E-state index in [1.165, 1.54) is 21.0 Å². The third-order valence-electron chi connectivity index (χ3n) is 7.15. The summed E-state index contributed by atoms with van der Waals surface area (Å²) in [5.41, 5.74) is 2.94. The summed E-state index contributed by atoms with van der Waals surface area (Å²) in [4.78, 5) is 28.0. The molecule has 9 nitrogen and oxygen atoms in total. The molecule has 1 aliphatic rings. The molecule has 1 aliphatic heterocycles. The Kier molecular flexibility index (Phi) is 8.90. The molecule has 0 bridgehead atoms. The van der Waals surface area contributed by atoms with Crippen molar-refractivity contribution in [1.82, 2.24) is 19.4 Å². The largest absolute Gasteiger partial charge is 0.360 e. The zero-order valence-electron chi connectivity index (χ0n) is 23.0. The molecule has 0 saturated carbocycles. The minimum atomic E-state index is -0.667. The van der Waals surface area contributed by atoms with Crippen LogP contribution in [0.2, 0.25) is 0 Å². The van der Waals surface area contributed by atoms with E-state index < -0.39 is 5.91 Å². The van der Waals surface area contributed by atoms with E-state index in [2.05, 4.69) is 59.3 Å². The summed E-state index contributed by atoms with van der Waals surface area (Å²) in [6.45, 7) is 9.80. The minimum absolute atomic E-state index is 0.177. The van der Waals surface area contributed by atoms with Gasteiger partial charge in [-0.2, -0.15) is 10.5 Å². The highest BCUT2D eigenvalue weighted by molar-refractivity contribution is 7.07. The van der Waals surface area contributed by atoms with Gasteiger partial charge in [0.15, 0.2) is 5.57 Å². The average molecular weight is 546 g/mol. The summed E-state index contributed by atoms with van der Waals surface area (Å²) in [6.07, 6.45) is 6.18. The fourth-order valence-corrected chi connectivity index (χ4v) is 6.41.